The Hall–Kier alpha value is 0.0374. The van der Waals surface area contributed by atoms with Gasteiger partial charge >= 0.3 is 67.0 Å². The van der Waals surface area contributed by atoms with Gasteiger partial charge in [-0.3, -0.25) is 0 Å². The van der Waals surface area contributed by atoms with Crippen LogP contribution in [0.5, 0.6) is 0 Å². The Labute approximate surface area is 67.2 Å². The second kappa shape index (κ2) is 2.75. The van der Waals surface area contributed by atoms with E-state index in [1.54, 1.807) is 29.8 Å². The standard InChI is InChI=1S/C6H3ClF.Li/c7-5-3-1-2-4-6(5)8;/h1-3H;. The molecule has 42 valence electrons. The number of benzene rings is 1. The maximum absolute atomic E-state index is 12.6. The molecule has 0 heterocycles. The van der Waals surface area contributed by atoms with Crippen LogP contribution in [0.15, 0.2) is 18.2 Å². The molecular weight excluding hydrogens is 133 g/mol. The molecule has 0 fully saturated rings. The Bertz CT molecular complexity index is 204. The van der Waals surface area contributed by atoms with Gasteiger partial charge in [0.05, 0.1) is 0 Å². The average molecular weight is 136 g/mol. The van der Waals surface area contributed by atoms with Gasteiger partial charge in [0.25, 0.3) is 0 Å². The van der Waals surface area contributed by atoms with Crippen molar-refractivity contribution in [1.29, 1.82) is 0 Å². The molecule has 1 rings (SSSR count). The Balaban J connectivity index is 3.25. The van der Waals surface area contributed by atoms with E-state index in [0.717, 1.165) is 0 Å². The number of rotatable bonds is 0. The summed E-state index contributed by atoms with van der Waals surface area (Å²) in [6.07, 6.45) is 0. The van der Waals surface area contributed by atoms with Gasteiger partial charge in [-0.25, -0.2) is 0 Å². The summed E-state index contributed by atoms with van der Waals surface area (Å²) in [5, 5.41) is 0.190. The SMILES string of the molecule is [Li][c]1cccc(Cl)c1F. The molecule has 0 N–H and O–H groups in total. The van der Waals surface area contributed by atoms with Gasteiger partial charge in [0.15, 0.2) is 0 Å². The number of halogens is 2. The van der Waals surface area contributed by atoms with Crippen molar-refractivity contribution >= 4 is 33.6 Å². The first-order valence-corrected chi connectivity index (χ1v) is 3.00. The minimum absolute atomic E-state index is 0.190. The average Bonchev–Trinajstić information content (AvgIpc) is 1.83. The summed E-state index contributed by atoms with van der Waals surface area (Å²) in [4.78, 5) is 0. The van der Waals surface area contributed by atoms with Crippen molar-refractivity contribution in [3.8, 4) is 0 Å². The molecule has 1 aromatic rings. The summed E-state index contributed by atoms with van der Waals surface area (Å²) >= 11 is 7.12. The summed E-state index contributed by atoms with van der Waals surface area (Å²) in [7, 11) is 0. The molecule has 0 aromatic heterocycles. The number of hydrogen-bond acceptors (Lipinski definition) is 0. The van der Waals surface area contributed by atoms with E-state index in [4.69, 9.17) is 11.6 Å². The maximum atomic E-state index is 12.6. The van der Waals surface area contributed by atoms with Crippen molar-refractivity contribution in [2.45, 2.75) is 0 Å². The molecule has 0 saturated carbocycles. The molecule has 0 aliphatic carbocycles. The first kappa shape index (κ1) is 7.15. The van der Waals surface area contributed by atoms with Crippen LogP contribution in [0.3, 0.4) is 0 Å². The summed E-state index contributed by atoms with van der Waals surface area (Å²) in [6, 6.07) is 4.94. The van der Waals surface area contributed by atoms with Gasteiger partial charge in [0, 0.05) is 0 Å². The van der Waals surface area contributed by atoms with Gasteiger partial charge in [0.1, 0.15) is 0 Å². The van der Waals surface area contributed by atoms with Crippen molar-refractivity contribution in [3.05, 3.63) is 29.0 Å². The fourth-order valence-electron chi connectivity index (χ4n) is 0.612. The molecule has 3 heteroatoms. The second-order valence-electron chi connectivity index (χ2n) is 1.87. The molecule has 0 atom stereocenters. The summed E-state index contributed by atoms with van der Waals surface area (Å²) in [5.74, 6) is -0.320. The first-order valence-electron chi connectivity index (χ1n) is 2.62. The van der Waals surface area contributed by atoms with E-state index in [9.17, 15) is 4.39 Å². The molecule has 0 saturated heterocycles. The van der Waals surface area contributed by atoms with Gasteiger partial charge in [-0.15, -0.1) is 0 Å². The van der Waals surface area contributed by atoms with E-state index in [2.05, 4.69) is 0 Å². The van der Waals surface area contributed by atoms with Crippen LogP contribution in [0, 0.1) is 5.82 Å². The van der Waals surface area contributed by atoms with E-state index in [-0.39, 0.29) is 10.8 Å². The Kier molecular flexibility index (Phi) is 2.18. The van der Waals surface area contributed by atoms with E-state index in [1.165, 1.54) is 6.07 Å². The van der Waals surface area contributed by atoms with Crippen molar-refractivity contribution in [2.75, 3.05) is 0 Å². The third-order valence-corrected chi connectivity index (χ3v) is 1.44. The third-order valence-electron chi connectivity index (χ3n) is 1.14. The fourth-order valence-corrected chi connectivity index (χ4v) is 0.833. The van der Waals surface area contributed by atoms with Crippen LogP contribution in [0.25, 0.3) is 0 Å². The van der Waals surface area contributed by atoms with E-state index >= 15 is 0 Å². The van der Waals surface area contributed by atoms with Crippen LogP contribution in [0.4, 0.5) is 4.39 Å². The Morgan fingerprint density at radius 1 is 1.44 bits per heavy atom. The van der Waals surface area contributed by atoms with Crippen LogP contribution in [-0.4, -0.2) is 17.7 Å². The van der Waals surface area contributed by atoms with Crippen molar-refractivity contribution < 1.29 is 4.39 Å². The van der Waals surface area contributed by atoms with Crippen LogP contribution in [0.1, 0.15) is 0 Å². The van der Waals surface area contributed by atoms with Gasteiger partial charge in [-0.05, 0) is 0 Å². The molecular formula is C6H3ClFLi. The van der Waals surface area contributed by atoms with Gasteiger partial charge < -0.3 is 0 Å². The second-order valence-corrected chi connectivity index (χ2v) is 2.28. The zero-order chi connectivity index (χ0) is 6.85. The molecule has 9 heavy (non-hydrogen) atoms. The molecule has 1 aromatic carbocycles. The normalized spacial score (nSPS) is 9.78. The molecule has 0 radical (unpaired) electrons. The summed E-state index contributed by atoms with van der Waals surface area (Å²) in [5.41, 5.74) is 0. The summed E-state index contributed by atoms with van der Waals surface area (Å²) < 4.78 is 13.2. The van der Waals surface area contributed by atoms with Gasteiger partial charge in [-0.1, -0.05) is 0 Å². The molecule has 0 aliphatic heterocycles. The monoisotopic (exact) mass is 136 g/mol. The minimum atomic E-state index is -0.320. The van der Waals surface area contributed by atoms with Crippen molar-refractivity contribution in [3.63, 3.8) is 0 Å². The van der Waals surface area contributed by atoms with Crippen molar-refractivity contribution in [1.82, 2.24) is 0 Å². The van der Waals surface area contributed by atoms with Crippen LogP contribution >= 0.6 is 11.6 Å². The molecule has 0 amide bonds. The fraction of sp³-hybridized carbons (Fsp3) is 0. The predicted molar refractivity (Wildman–Crippen MR) is 36.8 cm³/mol. The zero-order valence-electron chi connectivity index (χ0n) is 4.99. The van der Waals surface area contributed by atoms with Crippen LogP contribution in [0.2, 0.25) is 5.02 Å². The molecule has 0 spiro atoms. The number of hydrogen-bond donors (Lipinski definition) is 0. The van der Waals surface area contributed by atoms with Crippen molar-refractivity contribution in [2.24, 2.45) is 0 Å². The van der Waals surface area contributed by atoms with E-state index in [1.807, 2.05) is 0 Å². The van der Waals surface area contributed by atoms with Crippen LogP contribution in [-0.2, 0) is 0 Å². The summed E-state index contributed by atoms with van der Waals surface area (Å²) in [6.45, 7) is 0. The molecule has 0 aliphatic rings. The predicted octanol–water partition coefficient (Wildman–Crippen LogP) is 1.27. The quantitative estimate of drug-likeness (QED) is 0.471. The molecule has 0 nitrogen and oxygen atoms in total. The van der Waals surface area contributed by atoms with E-state index in [0.29, 0.717) is 4.24 Å². The van der Waals surface area contributed by atoms with E-state index < -0.39 is 0 Å². The first-order chi connectivity index (χ1) is 4.22. The third kappa shape index (κ3) is 1.49. The van der Waals surface area contributed by atoms with Gasteiger partial charge in [-0.2, -0.15) is 0 Å². The molecule has 0 bridgehead atoms. The molecule has 0 unspecified atom stereocenters. The van der Waals surface area contributed by atoms with Gasteiger partial charge in [0.2, 0.25) is 0 Å². The topological polar surface area (TPSA) is 0 Å². The van der Waals surface area contributed by atoms with Crippen LogP contribution < -0.4 is 4.24 Å². The Morgan fingerprint density at radius 2 is 2.11 bits per heavy atom. The zero-order valence-corrected chi connectivity index (χ0v) is 5.74. The Morgan fingerprint density at radius 3 is 2.56 bits per heavy atom.